The Kier molecular flexibility index (Phi) is 5.92. The zero-order chi connectivity index (χ0) is 22.9. The summed E-state index contributed by atoms with van der Waals surface area (Å²) in [6, 6.07) is 8.31. The van der Waals surface area contributed by atoms with Gasteiger partial charge in [-0.3, -0.25) is 0 Å². The van der Waals surface area contributed by atoms with Gasteiger partial charge >= 0.3 is 6.09 Å². The summed E-state index contributed by atoms with van der Waals surface area (Å²) >= 11 is 5.99. The SMILES string of the molecule is CC(C)(C)OC(=O)N1CC[C@H](Oc2ccc3ncnc(Nc4ccc(O)c(Cl)c4)c3n2)C1. The van der Waals surface area contributed by atoms with Crippen molar-refractivity contribution >= 4 is 40.2 Å². The topological polar surface area (TPSA) is 110 Å². The van der Waals surface area contributed by atoms with Crippen molar-refractivity contribution in [3.63, 3.8) is 0 Å². The number of fused-ring (bicyclic) bond motifs is 1. The molecule has 1 aliphatic heterocycles. The van der Waals surface area contributed by atoms with Crippen LogP contribution in [-0.4, -0.2) is 55.8 Å². The number of carbonyl (C=O) groups is 1. The van der Waals surface area contributed by atoms with Gasteiger partial charge in [-0.25, -0.2) is 19.7 Å². The molecule has 9 nitrogen and oxygen atoms in total. The predicted octanol–water partition coefficient (Wildman–Crippen LogP) is 4.52. The molecular weight excluding hydrogens is 434 g/mol. The van der Waals surface area contributed by atoms with E-state index in [2.05, 4.69) is 20.3 Å². The summed E-state index contributed by atoms with van der Waals surface area (Å²) in [6.45, 7) is 6.51. The first kappa shape index (κ1) is 21.9. The fourth-order valence-corrected chi connectivity index (χ4v) is 3.47. The lowest BCUT2D eigenvalue weighted by atomic mass is 10.2. The minimum Gasteiger partial charge on any atom is -0.506 e. The summed E-state index contributed by atoms with van der Waals surface area (Å²) in [6.07, 6.45) is 1.58. The normalized spacial score (nSPS) is 16.2. The van der Waals surface area contributed by atoms with Crippen LogP contribution in [0.25, 0.3) is 11.0 Å². The van der Waals surface area contributed by atoms with E-state index in [4.69, 9.17) is 21.1 Å². The van der Waals surface area contributed by atoms with Gasteiger partial charge < -0.3 is 24.8 Å². The second-order valence-electron chi connectivity index (χ2n) is 8.49. The van der Waals surface area contributed by atoms with E-state index in [9.17, 15) is 9.90 Å². The Morgan fingerprint density at radius 3 is 2.81 bits per heavy atom. The van der Waals surface area contributed by atoms with Gasteiger partial charge in [0.15, 0.2) is 5.82 Å². The Labute approximate surface area is 190 Å². The smallest absolute Gasteiger partial charge is 0.410 e. The molecule has 1 aromatic carbocycles. The van der Waals surface area contributed by atoms with Gasteiger partial charge in [0.05, 0.1) is 17.1 Å². The number of nitrogens with one attached hydrogen (secondary N) is 1. The summed E-state index contributed by atoms with van der Waals surface area (Å²) in [4.78, 5) is 27.0. The summed E-state index contributed by atoms with van der Waals surface area (Å²) < 4.78 is 11.5. The zero-order valence-corrected chi connectivity index (χ0v) is 18.8. The summed E-state index contributed by atoms with van der Waals surface area (Å²) in [5.74, 6) is 0.884. The van der Waals surface area contributed by atoms with Crippen LogP contribution in [0.4, 0.5) is 16.3 Å². The Morgan fingerprint density at radius 2 is 2.06 bits per heavy atom. The molecule has 1 aliphatic rings. The van der Waals surface area contributed by atoms with Gasteiger partial charge in [-0.05, 0) is 45.0 Å². The Hall–Kier alpha value is -3.33. The van der Waals surface area contributed by atoms with Gasteiger partial charge in [0.2, 0.25) is 5.88 Å². The van der Waals surface area contributed by atoms with Gasteiger partial charge in [-0.1, -0.05) is 11.6 Å². The van der Waals surface area contributed by atoms with Crippen molar-refractivity contribution in [3.05, 3.63) is 41.7 Å². The molecule has 168 valence electrons. The third-order valence-corrected chi connectivity index (χ3v) is 5.05. The second-order valence-corrected chi connectivity index (χ2v) is 8.89. The second kappa shape index (κ2) is 8.66. The fourth-order valence-electron chi connectivity index (χ4n) is 3.29. The number of phenolic OH excluding ortho intramolecular Hbond substituents is 1. The third-order valence-electron chi connectivity index (χ3n) is 4.75. The zero-order valence-electron chi connectivity index (χ0n) is 18.0. The Morgan fingerprint density at radius 1 is 1.25 bits per heavy atom. The number of pyridine rings is 1. The highest BCUT2D eigenvalue weighted by atomic mass is 35.5. The van der Waals surface area contributed by atoms with Crippen LogP contribution in [0.1, 0.15) is 27.2 Å². The van der Waals surface area contributed by atoms with Crippen LogP contribution in [0.5, 0.6) is 11.6 Å². The van der Waals surface area contributed by atoms with E-state index in [1.54, 1.807) is 29.2 Å². The fraction of sp³-hybridized carbons (Fsp3) is 0.364. The number of benzene rings is 1. The summed E-state index contributed by atoms with van der Waals surface area (Å²) in [5.41, 5.74) is 1.27. The third kappa shape index (κ3) is 5.11. The molecule has 3 aromatic rings. The Bertz CT molecular complexity index is 1150. The van der Waals surface area contributed by atoms with E-state index < -0.39 is 5.60 Å². The molecule has 1 amide bonds. The molecule has 0 aliphatic carbocycles. The maximum atomic E-state index is 12.3. The van der Waals surface area contributed by atoms with Crippen LogP contribution >= 0.6 is 11.6 Å². The van der Waals surface area contributed by atoms with Gasteiger partial charge in [0.1, 0.15) is 29.3 Å². The van der Waals surface area contributed by atoms with E-state index in [0.717, 1.165) is 0 Å². The van der Waals surface area contributed by atoms with E-state index in [0.29, 0.717) is 47.9 Å². The molecule has 32 heavy (non-hydrogen) atoms. The number of aromatic nitrogens is 3. The van der Waals surface area contributed by atoms with Crippen molar-refractivity contribution in [3.8, 4) is 11.6 Å². The molecule has 0 bridgehead atoms. The average Bonchev–Trinajstić information content (AvgIpc) is 3.19. The number of nitrogens with zero attached hydrogens (tertiary/aromatic N) is 4. The van der Waals surface area contributed by atoms with Crippen LogP contribution in [0.15, 0.2) is 36.7 Å². The van der Waals surface area contributed by atoms with Gasteiger partial charge in [-0.15, -0.1) is 0 Å². The molecule has 0 saturated carbocycles. The van der Waals surface area contributed by atoms with Crippen molar-refractivity contribution in [2.24, 2.45) is 0 Å². The number of halogens is 1. The molecular formula is C22H24ClN5O4. The first-order chi connectivity index (χ1) is 15.2. The van der Waals surface area contributed by atoms with Crippen molar-refractivity contribution in [2.45, 2.75) is 38.9 Å². The summed E-state index contributed by atoms with van der Waals surface area (Å²) in [5, 5.41) is 13.0. The summed E-state index contributed by atoms with van der Waals surface area (Å²) in [7, 11) is 0. The number of carbonyl (C=O) groups excluding carboxylic acids is 1. The molecule has 0 radical (unpaired) electrons. The standard InChI is InChI=1S/C22H24ClN5O4/c1-22(2,3)32-21(30)28-9-8-14(11-28)31-18-7-5-16-19(27-18)20(25-12-24-16)26-13-4-6-17(29)15(23)10-13/h4-7,10,12,14,29H,8-9,11H2,1-3H3,(H,24,25,26)/t14-/m0/s1. The minimum absolute atomic E-state index is 0.00411. The maximum absolute atomic E-state index is 12.3. The average molecular weight is 458 g/mol. The molecule has 1 atom stereocenters. The number of ether oxygens (including phenoxy) is 2. The molecule has 0 unspecified atom stereocenters. The maximum Gasteiger partial charge on any atom is 0.410 e. The molecule has 10 heteroatoms. The van der Waals surface area contributed by atoms with E-state index in [1.165, 1.54) is 12.4 Å². The van der Waals surface area contributed by atoms with Crippen LogP contribution in [0, 0.1) is 0 Å². The number of likely N-dealkylation sites (tertiary alicyclic amines) is 1. The number of rotatable bonds is 4. The molecule has 3 heterocycles. The number of anilines is 2. The molecule has 2 aromatic heterocycles. The quantitative estimate of drug-likeness (QED) is 0.550. The molecule has 1 fully saturated rings. The van der Waals surface area contributed by atoms with Crippen LogP contribution in [0.3, 0.4) is 0 Å². The van der Waals surface area contributed by atoms with Gasteiger partial charge in [-0.2, -0.15) is 0 Å². The van der Waals surface area contributed by atoms with E-state index in [1.807, 2.05) is 20.8 Å². The highest BCUT2D eigenvalue weighted by Gasteiger charge is 2.31. The number of hydrogen-bond donors (Lipinski definition) is 2. The number of amides is 1. The molecule has 1 saturated heterocycles. The monoisotopic (exact) mass is 457 g/mol. The molecule has 2 N–H and O–H groups in total. The van der Waals surface area contributed by atoms with Gasteiger partial charge in [0, 0.05) is 24.7 Å². The lowest BCUT2D eigenvalue weighted by Crippen LogP contribution is -2.36. The highest BCUT2D eigenvalue weighted by Crippen LogP contribution is 2.29. The molecule has 0 spiro atoms. The van der Waals surface area contributed by atoms with Crippen LogP contribution in [0.2, 0.25) is 5.02 Å². The molecule has 4 rings (SSSR count). The number of phenols is 1. The minimum atomic E-state index is -0.541. The lowest BCUT2D eigenvalue weighted by Gasteiger charge is -2.24. The van der Waals surface area contributed by atoms with Crippen LogP contribution in [-0.2, 0) is 4.74 Å². The van der Waals surface area contributed by atoms with E-state index >= 15 is 0 Å². The van der Waals surface area contributed by atoms with Crippen molar-refractivity contribution < 1.29 is 19.4 Å². The van der Waals surface area contributed by atoms with Gasteiger partial charge in [0.25, 0.3) is 0 Å². The number of hydrogen-bond acceptors (Lipinski definition) is 8. The van der Waals surface area contributed by atoms with Crippen molar-refractivity contribution in [1.29, 1.82) is 0 Å². The lowest BCUT2D eigenvalue weighted by molar-refractivity contribution is 0.0275. The van der Waals surface area contributed by atoms with E-state index in [-0.39, 0.29) is 23.0 Å². The van der Waals surface area contributed by atoms with Crippen molar-refractivity contribution in [1.82, 2.24) is 19.9 Å². The predicted molar refractivity (Wildman–Crippen MR) is 121 cm³/mol. The Balaban J connectivity index is 1.49. The first-order valence-corrected chi connectivity index (χ1v) is 10.6. The largest absolute Gasteiger partial charge is 0.506 e. The highest BCUT2D eigenvalue weighted by molar-refractivity contribution is 6.32. The van der Waals surface area contributed by atoms with Crippen LogP contribution < -0.4 is 10.1 Å². The first-order valence-electron chi connectivity index (χ1n) is 10.2. The van der Waals surface area contributed by atoms with Crippen molar-refractivity contribution in [2.75, 3.05) is 18.4 Å². The number of aromatic hydroxyl groups is 1.